The molecule has 0 saturated heterocycles. The Kier molecular flexibility index (Phi) is 14.4. The summed E-state index contributed by atoms with van der Waals surface area (Å²) < 4.78 is 28.4. The first-order valence-corrected chi connectivity index (χ1v) is 18.5. The molecule has 1 amide bonds. The molecule has 3 aliphatic rings. The summed E-state index contributed by atoms with van der Waals surface area (Å²) in [7, 11) is 2.88. The molecule has 5 bridgehead atoms. The van der Waals surface area contributed by atoms with E-state index in [9.17, 15) is 39.9 Å². The number of fused-ring (bicyclic) bond motifs is 14. The second-order valence-electron chi connectivity index (χ2n) is 14.7. The van der Waals surface area contributed by atoms with Gasteiger partial charge in [-0.25, -0.2) is 0 Å². The number of anilines is 1. The normalized spacial score (nSPS) is 30.7. The lowest BCUT2D eigenvalue weighted by atomic mass is 9.78. The number of nitrogens with zero attached hydrogens (tertiary/aromatic N) is 1. The average molecular weight is 799 g/mol. The molecule has 5 rings (SSSR count). The number of methoxy groups -OCH3 is 2. The number of rotatable bonds is 7. The van der Waals surface area contributed by atoms with Crippen LogP contribution in [0.4, 0.5) is 5.69 Å². The first kappa shape index (κ1) is 44.6. The summed E-state index contributed by atoms with van der Waals surface area (Å²) in [5.74, 6) is -8.75. The number of phenols is 3. The zero-order chi connectivity index (χ0) is 42.5. The molecule has 16 heteroatoms. The van der Waals surface area contributed by atoms with Gasteiger partial charge in [0.1, 0.15) is 30.0 Å². The first-order chi connectivity index (χ1) is 26.8. The Morgan fingerprint density at radius 3 is 2.26 bits per heavy atom. The minimum absolute atomic E-state index is 0.0190. The molecule has 0 saturated carbocycles. The minimum Gasteiger partial charge on any atom is -0.507 e. The second kappa shape index (κ2) is 18.4. The van der Waals surface area contributed by atoms with Gasteiger partial charge in [-0.15, -0.1) is 0 Å². The number of phenolic OH excluding ortho intramolecular Hbond substituents is 3. The van der Waals surface area contributed by atoms with Crippen molar-refractivity contribution in [3.05, 3.63) is 52.8 Å². The van der Waals surface area contributed by atoms with Crippen LogP contribution in [0.5, 0.6) is 23.0 Å². The molecular weight excluding hydrogens is 744 g/mol. The van der Waals surface area contributed by atoms with Gasteiger partial charge in [0.25, 0.3) is 11.7 Å². The van der Waals surface area contributed by atoms with E-state index in [1.807, 2.05) is 0 Å². The smallest absolute Gasteiger partial charge is 0.312 e. The molecule has 9 atom stereocenters. The quantitative estimate of drug-likeness (QED) is 0.0555. The van der Waals surface area contributed by atoms with Crippen LogP contribution < -0.4 is 10.1 Å². The molecule has 2 aromatic carbocycles. The van der Waals surface area contributed by atoms with Crippen LogP contribution >= 0.6 is 0 Å². The van der Waals surface area contributed by atoms with Gasteiger partial charge in [0.05, 0.1) is 59.6 Å². The highest BCUT2D eigenvalue weighted by molar-refractivity contribution is 6.23. The van der Waals surface area contributed by atoms with E-state index in [0.29, 0.717) is 0 Å². The summed E-state index contributed by atoms with van der Waals surface area (Å²) >= 11 is 0. The van der Waals surface area contributed by atoms with Gasteiger partial charge in [0.15, 0.2) is 5.75 Å². The molecule has 3 aliphatic heterocycles. The number of carbonyl (C=O) groups excluding carboxylic acids is 3. The molecule has 0 radical (unpaired) electrons. The number of aliphatic hydroxyl groups excluding tert-OH is 2. The highest BCUT2D eigenvalue weighted by Crippen LogP contribution is 2.55. The van der Waals surface area contributed by atoms with E-state index in [4.69, 9.17) is 28.5 Å². The Labute approximate surface area is 331 Å². The summed E-state index contributed by atoms with van der Waals surface area (Å²) in [6, 6.07) is 0. The number of aliphatic hydroxyl groups is 2. The second-order valence-corrected chi connectivity index (χ2v) is 14.7. The number of oxime groups is 1. The monoisotopic (exact) mass is 798 g/mol. The molecule has 9 unspecified atom stereocenters. The van der Waals surface area contributed by atoms with Gasteiger partial charge >= 0.3 is 11.8 Å². The Hall–Kier alpha value is -5.16. The number of allylic oxidation sites excluding steroid dienone is 2. The van der Waals surface area contributed by atoms with Crippen molar-refractivity contribution in [1.29, 1.82) is 0 Å². The van der Waals surface area contributed by atoms with E-state index in [1.54, 1.807) is 39.8 Å². The van der Waals surface area contributed by atoms with Crippen molar-refractivity contribution < 1.29 is 68.4 Å². The number of aromatic hydroxyl groups is 3. The highest BCUT2D eigenvalue weighted by Gasteiger charge is 2.50. The van der Waals surface area contributed by atoms with Crippen molar-refractivity contribution in [2.75, 3.05) is 32.8 Å². The van der Waals surface area contributed by atoms with Crippen molar-refractivity contribution in [3.8, 4) is 23.0 Å². The van der Waals surface area contributed by atoms with Crippen molar-refractivity contribution in [2.45, 2.75) is 85.6 Å². The fraction of sp³-hybridized carbons (Fsp3) is 0.512. The number of esters is 1. The van der Waals surface area contributed by atoms with Crippen molar-refractivity contribution in [3.63, 3.8) is 0 Å². The third-order valence-corrected chi connectivity index (χ3v) is 10.7. The van der Waals surface area contributed by atoms with E-state index in [1.165, 1.54) is 60.3 Å². The van der Waals surface area contributed by atoms with Crippen molar-refractivity contribution in [1.82, 2.24) is 0 Å². The van der Waals surface area contributed by atoms with Gasteiger partial charge in [-0.1, -0.05) is 51.1 Å². The number of benzene rings is 2. The van der Waals surface area contributed by atoms with Gasteiger partial charge in [0, 0.05) is 68.3 Å². The molecule has 3 heterocycles. The molecule has 0 spiro atoms. The fourth-order valence-electron chi connectivity index (χ4n) is 7.14. The van der Waals surface area contributed by atoms with Crippen LogP contribution in [0.2, 0.25) is 0 Å². The number of carbonyl (C=O) groups is 3. The third kappa shape index (κ3) is 9.04. The zero-order valence-electron chi connectivity index (χ0n) is 33.9. The summed E-state index contributed by atoms with van der Waals surface area (Å²) in [5, 5.41) is 63.6. The van der Waals surface area contributed by atoms with Gasteiger partial charge in [0.2, 0.25) is 0 Å². The molecule has 57 heavy (non-hydrogen) atoms. The van der Waals surface area contributed by atoms with Crippen LogP contribution in [0, 0.1) is 30.6 Å². The Morgan fingerprint density at radius 2 is 1.63 bits per heavy atom. The van der Waals surface area contributed by atoms with Crippen molar-refractivity contribution >= 4 is 40.3 Å². The van der Waals surface area contributed by atoms with Gasteiger partial charge in [-0.05, 0) is 19.9 Å². The standard InChI is InChI=1S/C41H54N2O14/c1-19-12-11-13-20(2)40(51)43-31-26(18-42-55-17-16-52-9)35(48)28-29(36(31)49)34(47)24(6)38-30(28)39(50)41(8,57-38)54-15-14-27(53-10)21(3)37(56-25(7)44)23(5)33(46)22(4)32(19)45/h11-15,18-19,21-23,27,32-33,37,45-49H,16-17H2,1-10H3,(H,43,51)/b12-11+,15-14+,20-13+,42-18-. The van der Waals surface area contributed by atoms with E-state index in [2.05, 4.69) is 10.5 Å². The Balaban J connectivity index is 1.96. The topological polar surface area (TPSA) is 232 Å². The molecule has 312 valence electrons. The molecule has 16 nitrogen and oxygen atoms in total. The van der Waals surface area contributed by atoms with Gasteiger partial charge in [-0.2, -0.15) is 0 Å². The highest BCUT2D eigenvalue weighted by atomic mass is 16.7. The third-order valence-electron chi connectivity index (χ3n) is 10.7. The molecule has 6 N–H and O–H groups in total. The number of Topliss-reactive ketones (excluding diaryl/α,β-unsaturated/α-hetero) is 1. The lowest BCUT2D eigenvalue weighted by Crippen LogP contribution is -2.46. The summed E-state index contributed by atoms with van der Waals surface area (Å²) in [5.41, 5.74) is -0.699. The molecule has 0 aliphatic carbocycles. The van der Waals surface area contributed by atoms with E-state index in [0.717, 1.165) is 6.21 Å². The fourth-order valence-corrected chi connectivity index (χ4v) is 7.14. The molecule has 0 fully saturated rings. The van der Waals surface area contributed by atoms with Crippen LogP contribution in [-0.2, 0) is 33.4 Å². The number of amides is 1. The lowest BCUT2D eigenvalue weighted by Gasteiger charge is -2.38. The summed E-state index contributed by atoms with van der Waals surface area (Å²) in [4.78, 5) is 45.4. The van der Waals surface area contributed by atoms with Crippen LogP contribution in [-0.4, -0.2) is 107 Å². The van der Waals surface area contributed by atoms with E-state index < -0.39 is 88.8 Å². The molecule has 0 aromatic heterocycles. The number of ether oxygens (including phenoxy) is 5. The Bertz CT molecular complexity index is 1970. The maximum atomic E-state index is 14.3. The molecular formula is C41H54N2O14. The number of nitrogens with one attached hydrogen (secondary N) is 1. The van der Waals surface area contributed by atoms with E-state index in [-0.39, 0.29) is 57.7 Å². The van der Waals surface area contributed by atoms with Gasteiger partial charge < -0.3 is 59.4 Å². The van der Waals surface area contributed by atoms with E-state index >= 15 is 0 Å². The molecule has 2 aromatic rings. The largest absolute Gasteiger partial charge is 0.507 e. The van der Waals surface area contributed by atoms with Crippen molar-refractivity contribution in [2.24, 2.45) is 28.8 Å². The van der Waals surface area contributed by atoms with Crippen LogP contribution in [0.25, 0.3) is 10.8 Å². The average Bonchev–Trinajstić information content (AvgIpc) is 3.43. The number of hydrogen-bond donors (Lipinski definition) is 6. The summed E-state index contributed by atoms with van der Waals surface area (Å²) in [6.07, 6.45) is 4.41. The van der Waals surface area contributed by atoms with Crippen LogP contribution in [0.15, 0.2) is 41.3 Å². The SMILES string of the molecule is COCCO/N=C\c1c2c(O)c3c(O)c(C)c4c(c3c1O)C(=O)C(C)(O/C=C/C(OC)C(C)C(OC(C)=O)C(C)C(O)C(C)C(O)C(C)/C=C/C=C(\C)C(=O)N2)O4. The van der Waals surface area contributed by atoms with Crippen LogP contribution in [0.1, 0.15) is 70.0 Å². The maximum Gasteiger partial charge on any atom is 0.312 e. The first-order valence-electron chi connectivity index (χ1n) is 18.5. The number of ketones is 1. The lowest BCUT2D eigenvalue weighted by molar-refractivity contribution is -0.160. The predicted octanol–water partition coefficient (Wildman–Crippen LogP) is 4.75. The van der Waals surface area contributed by atoms with Crippen LogP contribution in [0.3, 0.4) is 0 Å². The number of hydrogen-bond acceptors (Lipinski definition) is 15. The minimum atomic E-state index is -2.07. The van der Waals surface area contributed by atoms with Gasteiger partial charge in [-0.3, -0.25) is 14.4 Å². The zero-order valence-corrected chi connectivity index (χ0v) is 33.9. The Morgan fingerprint density at radius 1 is 0.947 bits per heavy atom. The summed E-state index contributed by atoms with van der Waals surface area (Å²) in [6.45, 7) is 12.6. The maximum absolute atomic E-state index is 14.3. The predicted molar refractivity (Wildman–Crippen MR) is 209 cm³/mol.